The van der Waals surface area contributed by atoms with Gasteiger partial charge < -0.3 is 9.47 Å². The maximum absolute atomic E-state index is 13.0. The third kappa shape index (κ3) is 3.06. The van der Waals surface area contributed by atoms with Crippen molar-refractivity contribution in [2.24, 2.45) is 0 Å². The van der Waals surface area contributed by atoms with Crippen molar-refractivity contribution in [1.82, 2.24) is 4.90 Å². The molecule has 2 amide bonds. The van der Waals surface area contributed by atoms with E-state index in [4.69, 9.17) is 9.47 Å². The van der Waals surface area contributed by atoms with Crippen LogP contribution >= 0.6 is 0 Å². The Bertz CT molecular complexity index is 881. The summed E-state index contributed by atoms with van der Waals surface area (Å²) in [6.07, 6.45) is 1.02. The summed E-state index contributed by atoms with van der Waals surface area (Å²) < 4.78 is 10.8. The molecule has 0 spiro atoms. The van der Waals surface area contributed by atoms with Gasteiger partial charge in [0, 0.05) is 13.1 Å². The Morgan fingerprint density at radius 3 is 2.30 bits per heavy atom. The molecular formula is C21H22N2O4. The molecule has 1 saturated heterocycles. The molecule has 2 aromatic rings. The molecule has 0 N–H and O–H groups in total. The van der Waals surface area contributed by atoms with E-state index in [0.717, 1.165) is 18.5 Å². The average Bonchev–Trinajstić information content (AvgIpc) is 3.01. The van der Waals surface area contributed by atoms with Crippen LogP contribution < -0.4 is 14.4 Å². The molecule has 0 saturated carbocycles. The lowest BCUT2D eigenvalue weighted by Gasteiger charge is -2.32. The van der Waals surface area contributed by atoms with Gasteiger partial charge in [-0.15, -0.1) is 0 Å². The summed E-state index contributed by atoms with van der Waals surface area (Å²) in [4.78, 5) is 28.9. The number of hydrogen-bond acceptors (Lipinski definition) is 5. The van der Waals surface area contributed by atoms with Crippen molar-refractivity contribution >= 4 is 17.5 Å². The zero-order chi connectivity index (χ0) is 19.0. The minimum absolute atomic E-state index is 0.143. The SMILES string of the molecule is COc1cc2c(cc1OC)CN([C@@H]1CC(=O)N(c3ccccc3)C1=O)CC2. The van der Waals surface area contributed by atoms with Gasteiger partial charge in [0.05, 0.1) is 32.4 Å². The van der Waals surface area contributed by atoms with Crippen LogP contribution in [0.3, 0.4) is 0 Å². The Balaban J connectivity index is 1.57. The largest absolute Gasteiger partial charge is 0.493 e. The van der Waals surface area contributed by atoms with E-state index in [1.807, 2.05) is 30.3 Å². The number of hydrogen-bond donors (Lipinski definition) is 0. The maximum Gasteiger partial charge on any atom is 0.251 e. The smallest absolute Gasteiger partial charge is 0.251 e. The molecule has 4 rings (SSSR count). The standard InChI is InChI=1S/C21H22N2O4/c1-26-18-10-14-8-9-22(13-15(14)11-19(18)27-2)17-12-20(24)23(21(17)25)16-6-4-3-5-7-16/h3-7,10-11,17H,8-9,12-13H2,1-2H3/t17-/m1/s1. The number of amides is 2. The number of anilines is 1. The Morgan fingerprint density at radius 2 is 1.63 bits per heavy atom. The molecule has 0 aromatic heterocycles. The highest BCUT2D eigenvalue weighted by Gasteiger charge is 2.43. The van der Waals surface area contributed by atoms with Crippen molar-refractivity contribution in [2.75, 3.05) is 25.7 Å². The highest BCUT2D eigenvalue weighted by molar-refractivity contribution is 6.22. The monoisotopic (exact) mass is 366 g/mol. The first-order valence-electron chi connectivity index (χ1n) is 9.02. The van der Waals surface area contributed by atoms with Gasteiger partial charge >= 0.3 is 0 Å². The molecule has 27 heavy (non-hydrogen) atoms. The van der Waals surface area contributed by atoms with Crippen molar-refractivity contribution in [3.63, 3.8) is 0 Å². The molecule has 0 unspecified atom stereocenters. The summed E-state index contributed by atoms with van der Waals surface area (Å²) in [6, 6.07) is 12.7. The lowest BCUT2D eigenvalue weighted by Crippen LogP contribution is -2.44. The predicted octanol–water partition coefficient (Wildman–Crippen LogP) is 2.39. The van der Waals surface area contributed by atoms with Gasteiger partial charge in [-0.25, -0.2) is 4.90 Å². The number of benzene rings is 2. The normalized spacial score (nSPS) is 19.9. The minimum atomic E-state index is -0.418. The van der Waals surface area contributed by atoms with Crippen molar-refractivity contribution < 1.29 is 19.1 Å². The van der Waals surface area contributed by atoms with Crippen LogP contribution in [-0.4, -0.2) is 43.5 Å². The molecule has 2 aliphatic heterocycles. The van der Waals surface area contributed by atoms with E-state index in [1.165, 1.54) is 10.5 Å². The molecule has 6 heteroatoms. The van der Waals surface area contributed by atoms with Gasteiger partial charge in [0.2, 0.25) is 5.91 Å². The summed E-state index contributed by atoms with van der Waals surface area (Å²) in [6.45, 7) is 1.34. The van der Waals surface area contributed by atoms with Crippen LogP contribution in [0.2, 0.25) is 0 Å². The fraction of sp³-hybridized carbons (Fsp3) is 0.333. The van der Waals surface area contributed by atoms with Crippen LogP contribution in [-0.2, 0) is 22.6 Å². The summed E-state index contributed by atoms with van der Waals surface area (Å²) in [5, 5.41) is 0. The number of carbonyl (C=O) groups is 2. The average molecular weight is 366 g/mol. The third-order valence-electron chi connectivity index (χ3n) is 5.33. The van der Waals surface area contributed by atoms with E-state index >= 15 is 0 Å². The van der Waals surface area contributed by atoms with E-state index in [9.17, 15) is 9.59 Å². The van der Waals surface area contributed by atoms with Crippen molar-refractivity contribution in [3.05, 3.63) is 53.6 Å². The predicted molar refractivity (Wildman–Crippen MR) is 101 cm³/mol. The van der Waals surface area contributed by atoms with Crippen LogP contribution in [0.1, 0.15) is 17.5 Å². The fourth-order valence-corrected chi connectivity index (χ4v) is 3.92. The number of carbonyl (C=O) groups excluding carboxylic acids is 2. The summed E-state index contributed by atoms with van der Waals surface area (Å²) in [5.41, 5.74) is 2.94. The molecule has 140 valence electrons. The second-order valence-electron chi connectivity index (χ2n) is 6.82. The van der Waals surface area contributed by atoms with Crippen molar-refractivity contribution in [1.29, 1.82) is 0 Å². The molecule has 0 bridgehead atoms. The highest BCUT2D eigenvalue weighted by Crippen LogP contribution is 2.35. The Hall–Kier alpha value is -2.86. The summed E-state index contributed by atoms with van der Waals surface area (Å²) >= 11 is 0. The maximum atomic E-state index is 13.0. The first-order chi connectivity index (χ1) is 13.1. The van der Waals surface area contributed by atoms with Gasteiger partial charge in [-0.2, -0.15) is 0 Å². The molecule has 0 aliphatic carbocycles. The number of fused-ring (bicyclic) bond motifs is 1. The second kappa shape index (κ2) is 7.04. The van der Waals surface area contributed by atoms with Gasteiger partial charge in [-0.05, 0) is 41.8 Å². The van der Waals surface area contributed by atoms with Crippen molar-refractivity contribution in [3.8, 4) is 11.5 Å². The lowest BCUT2D eigenvalue weighted by atomic mass is 9.97. The number of nitrogens with zero attached hydrogens (tertiary/aromatic N) is 2. The number of para-hydroxylation sites is 1. The third-order valence-corrected chi connectivity index (χ3v) is 5.33. The summed E-state index contributed by atoms with van der Waals surface area (Å²) in [7, 11) is 3.24. The molecular weight excluding hydrogens is 344 g/mol. The van der Waals surface area contributed by atoms with E-state index in [-0.39, 0.29) is 18.2 Å². The van der Waals surface area contributed by atoms with Crippen LogP contribution in [0.15, 0.2) is 42.5 Å². The number of methoxy groups -OCH3 is 2. The van der Waals surface area contributed by atoms with Gasteiger partial charge in [-0.1, -0.05) is 18.2 Å². The van der Waals surface area contributed by atoms with Crippen molar-refractivity contribution in [2.45, 2.75) is 25.4 Å². The molecule has 0 radical (unpaired) electrons. The Kier molecular flexibility index (Phi) is 4.58. The molecule has 2 heterocycles. The Morgan fingerprint density at radius 1 is 0.963 bits per heavy atom. The summed E-state index contributed by atoms with van der Waals surface area (Å²) in [5.74, 6) is 1.11. The Labute approximate surface area is 158 Å². The number of imide groups is 1. The van der Waals surface area contributed by atoms with Crippen LogP contribution in [0.4, 0.5) is 5.69 Å². The number of ether oxygens (including phenoxy) is 2. The van der Waals surface area contributed by atoms with Gasteiger partial charge in [0.1, 0.15) is 0 Å². The van der Waals surface area contributed by atoms with Gasteiger partial charge in [0.25, 0.3) is 5.91 Å². The van der Waals surface area contributed by atoms with E-state index in [1.54, 1.807) is 26.4 Å². The molecule has 2 aliphatic rings. The second-order valence-corrected chi connectivity index (χ2v) is 6.82. The highest BCUT2D eigenvalue weighted by atomic mass is 16.5. The van der Waals surface area contributed by atoms with Gasteiger partial charge in [0.15, 0.2) is 11.5 Å². The van der Waals surface area contributed by atoms with E-state index in [2.05, 4.69) is 4.90 Å². The van der Waals surface area contributed by atoms with E-state index in [0.29, 0.717) is 23.7 Å². The fourth-order valence-electron chi connectivity index (χ4n) is 3.92. The topological polar surface area (TPSA) is 59.1 Å². The van der Waals surface area contributed by atoms with E-state index < -0.39 is 6.04 Å². The molecule has 1 fully saturated rings. The molecule has 6 nitrogen and oxygen atoms in total. The lowest BCUT2D eigenvalue weighted by molar-refractivity contribution is -0.123. The van der Waals surface area contributed by atoms with Gasteiger partial charge in [-0.3, -0.25) is 14.5 Å². The quantitative estimate of drug-likeness (QED) is 0.778. The van der Waals surface area contributed by atoms with Crippen LogP contribution in [0.5, 0.6) is 11.5 Å². The first kappa shape index (κ1) is 17.5. The minimum Gasteiger partial charge on any atom is -0.493 e. The van der Waals surface area contributed by atoms with Crippen LogP contribution in [0.25, 0.3) is 0 Å². The van der Waals surface area contributed by atoms with Crippen LogP contribution in [0, 0.1) is 0 Å². The zero-order valence-electron chi connectivity index (χ0n) is 15.5. The zero-order valence-corrected chi connectivity index (χ0v) is 15.5. The molecule has 2 aromatic carbocycles. The first-order valence-corrected chi connectivity index (χ1v) is 9.02. The molecule has 1 atom stereocenters. The number of rotatable bonds is 4.